The van der Waals surface area contributed by atoms with Crippen molar-refractivity contribution in [2.75, 3.05) is 5.32 Å². The van der Waals surface area contributed by atoms with Gasteiger partial charge in [0.05, 0.1) is 5.69 Å². The minimum Gasteiger partial charge on any atom is -0.353 e. The van der Waals surface area contributed by atoms with Gasteiger partial charge in [0.2, 0.25) is 5.95 Å². The first kappa shape index (κ1) is 11.1. The molecule has 1 heterocycles. The van der Waals surface area contributed by atoms with Gasteiger partial charge in [-0.1, -0.05) is 19.8 Å². The fraction of sp³-hybridized carbons (Fsp3) is 0.786. The Hall–Kier alpha value is -0.990. The molecule has 0 amide bonds. The topological polar surface area (TPSA) is 29.9 Å². The Bertz CT molecular complexity index is 384. The van der Waals surface area contributed by atoms with Gasteiger partial charge in [-0.15, -0.1) is 0 Å². The molecular formula is C14H23N3. The third-order valence-electron chi connectivity index (χ3n) is 4.28. The molecule has 0 spiro atoms. The fourth-order valence-corrected chi connectivity index (χ4v) is 3.29. The number of rotatable bonds is 3. The van der Waals surface area contributed by atoms with E-state index in [9.17, 15) is 0 Å². The maximum absolute atomic E-state index is 4.65. The summed E-state index contributed by atoms with van der Waals surface area (Å²) in [4.78, 5) is 4.65. The van der Waals surface area contributed by atoms with Crippen LogP contribution in [-0.4, -0.2) is 15.6 Å². The zero-order valence-electron chi connectivity index (χ0n) is 10.9. The van der Waals surface area contributed by atoms with Crippen LogP contribution in [0.2, 0.25) is 0 Å². The Morgan fingerprint density at radius 2 is 2.00 bits per heavy atom. The highest BCUT2D eigenvalue weighted by atomic mass is 15.2. The van der Waals surface area contributed by atoms with Crippen molar-refractivity contribution in [2.24, 2.45) is 5.92 Å². The number of hydrogen-bond acceptors (Lipinski definition) is 2. The summed E-state index contributed by atoms with van der Waals surface area (Å²) in [6.45, 7) is 4.42. The molecule has 2 aliphatic carbocycles. The van der Waals surface area contributed by atoms with Crippen LogP contribution in [0.3, 0.4) is 0 Å². The highest BCUT2D eigenvalue weighted by Crippen LogP contribution is 2.34. The van der Waals surface area contributed by atoms with Crippen LogP contribution < -0.4 is 5.32 Å². The van der Waals surface area contributed by atoms with Crippen LogP contribution in [0.1, 0.15) is 57.2 Å². The molecule has 0 bridgehead atoms. The highest BCUT2D eigenvalue weighted by Gasteiger charge is 2.27. The molecule has 3 heteroatoms. The molecule has 0 aliphatic heterocycles. The maximum atomic E-state index is 4.65. The summed E-state index contributed by atoms with van der Waals surface area (Å²) in [5.74, 6) is 2.01. The average Bonchev–Trinajstić information content (AvgIpc) is 2.84. The van der Waals surface area contributed by atoms with Gasteiger partial charge in [0, 0.05) is 18.3 Å². The van der Waals surface area contributed by atoms with E-state index < -0.39 is 0 Å². The van der Waals surface area contributed by atoms with E-state index in [2.05, 4.69) is 34.9 Å². The zero-order valence-corrected chi connectivity index (χ0v) is 10.9. The molecule has 1 aromatic heterocycles. The summed E-state index contributed by atoms with van der Waals surface area (Å²) in [6.07, 6.45) is 10.2. The number of anilines is 1. The van der Waals surface area contributed by atoms with Crippen LogP contribution in [0.25, 0.3) is 0 Å². The van der Waals surface area contributed by atoms with E-state index in [1.807, 2.05) is 0 Å². The third-order valence-corrected chi connectivity index (χ3v) is 4.28. The molecule has 2 aliphatic rings. The van der Waals surface area contributed by atoms with Gasteiger partial charge in [0.1, 0.15) is 0 Å². The second-order valence-corrected chi connectivity index (χ2v) is 5.97. The minimum absolute atomic E-state index is 0.659. The summed E-state index contributed by atoms with van der Waals surface area (Å²) in [5, 5.41) is 3.63. The molecule has 2 saturated carbocycles. The first-order valence-corrected chi connectivity index (χ1v) is 7.04. The van der Waals surface area contributed by atoms with Gasteiger partial charge in [-0.05, 0) is 38.5 Å². The Labute approximate surface area is 104 Å². The molecule has 0 atom stereocenters. The summed E-state index contributed by atoms with van der Waals surface area (Å²) in [6, 6.07) is 1.35. The van der Waals surface area contributed by atoms with E-state index in [-0.39, 0.29) is 0 Å². The Morgan fingerprint density at radius 1 is 1.29 bits per heavy atom. The molecule has 0 unspecified atom stereocenters. The van der Waals surface area contributed by atoms with E-state index in [1.165, 1.54) is 38.5 Å². The molecule has 0 radical (unpaired) electrons. The predicted octanol–water partition coefficient (Wildman–Crippen LogP) is 3.52. The van der Waals surface area contributed by atoms with Crippen molar-refractivity contribution in [1.82, 2.24) is 9.55 Å². The van der Waals surface area contributed by atoms with Crippen LogP contribution in [-0.2, 0) is 0 Å². The summed E-state index contributed by atoms with van der Waals surface area (Å²) in [7, 11) is 0. The standard InChI is InChI=1S/C14H23N3/c1-10-7-12(8-10)16-14-15-11(2)9-17(14)13-5-3-4-6-13/h9-10,12-13H,3-8H2,1-2H3,(H,15,16). The number of hydrogen-bond donors (Lipinski definition) is 1. The van der Waals surface area contributed by atoms with Gasteiger partial charge in [0.15, 0.2) is 0 Å². The van der Waals surface area contributed by atoms with Gasteiger partial charge >= 0.3 is 0 Å². The monoisotopic (exact) mass is 233 g/mol. The van der Waals surface area contributed by atoms with Crippen molar-refractivity contribution in [3.05, 3.63) is 11.9 Å². The molecule has 3 nitrogen and oxygen atoms in total. The van der Waals surface area contributed by atoms with Gasteiger partial charge < -0.3 is 9.88 Å². The second-order valence-electron chi connectivity index (χ2n) is 5.97. The Morgan fingerprint density at radius 3 is 2.65 bits per heavy atom. The van der Waals surface area contributed by atoms with E-state index in [0.717, 1.165) is 17.6 Å². The molecule has 1 N–H and O–H groups in total. The Kier molecular flexibility index (Phi) is 2.85. The molecule has 0 saturated heterocycles. The van der Waals surface area contributed by atoms with Crippen LogP contribution in [0, 0.1) is 12.8 Å². The number of nitrogens with zero attached hydrogens (tertiary/aromatic N) is 2. The van der Waals surface area contributed by atoms with E-state index in [1.54, 1.807) is 0 Å². The molecule has 1 aromatic rings. The van der Waals surface area contributed by atoms with E-state index >= 15 is 0 Å². The van der Waals surface area contributed by atoms with E-state index in [0.29, 0.717) is 12.1 Å². The van der Waals surface area contributed by atoms with Gasteiger partial charge in [-0.3, -0.25) is 0 Å². The lowest BCUT2D eigenvalue weighted by atomic mass is 9.82. The van der Waals surface area contributed by atoms with Crippen LogP contribution >= 0.6 is 0 Å². The third kappa shape index (κ3) is 2.20. The molecule has 3 rings (SSSR count). The predicted molar refractivity (Wildman–Crippen MR) is 70.3 cm³/mol. The van der Waals surface area contributed by atoms with Crippen LogP contribution in [0.15, 0.2) is 6.20 Å². The Balaban J connectivity index is 1.73. The summed E-state index contributed by atoms with van der Waals surface area (Å²) in [5.41, 5.74) is 1.15. The van der Waals surface area contributed by atoms with Crippen molar-refractivity contribution in [1.29, 1.82) is 0 Å². The minimum atomic E-state index is 0.659. The summed E-state index contributed by atoms with van der Waals surface area (Å²) < 4.78 is 2.39. The normalized spacial score (nSPS) is 29.3. The fourth-order valence-electron chi connectivity index (χ4n) is 3.29. The van der Waals surface area contributed by atoms with Crippen LogP contribution in [0.4, 0.5) is 5.95 Å². The number of aromatic nitrogens is 2. The second kappa shape index (κ2) is 4.35. The molecule has 2 fully saturated rings. The van der Waals surface area contributed by atoms with Gasteiger partial charge in [-0.2, -0.15) is 0 Å². The number of nitrogens with one attached hydrogen (secondary N) is 1. The SMILES string of the molecule is Cc1cn(C2CCCC2)c(NC2CC(C)C2)n1. The van der Waals surface area contributed by atoms with Gasteiger partial charge in [0.25, 0.3) is 0 Å². The lowest BCUT2D eigenvalue weighted by Crippen LogP contribution is -2.35. The summed E-state index contributed by atoms with van der Waals surface area (Å²) >= 11 is 0. The van der Waals surface area contributed by atoms with Crippen molar-refractivity contribution in [2.45, 2.75) is 64.5 Å². The largest absolute Gasteiger partial charge is 0.353 e. The smallest absolute Gasteiger partial charge is 0.203 e. The van der Waals surface area contributed by atoms with Crippen LogP contribution in [0.5, 0.6) is 0 Å². The lowest BCUT2D eigenvalue weighted by Gasteiger charge is -2.34. The van der Waals surface area contributed by atoms with E-state index in [4.69, 9.17) is 0 Å². The van der Waals surface area contributed by atoms with Crippen molar-refractivity contribution < 1.29 is 0 Å². The van der Waals surface area contributed by atoms with Crippen molar-refractivity contribution in [3.63, 3.8) is 0 Å². The molecule has 17 heavy (non-hydrogen) atoms. The molecule has 94 valence electrons. The first-order chi connectivity index (χ1) is 8.22. The van der Waals surface area contributed by atoms with Crippen molar-refractivity contribution >= 4 is 5.95 Å². The van der Waals surface area contributed by atoms with Gasteiger partial charge in [-0.25, -0.2) is 4.98 Å². The van der Waals surface area contributed by atoms with Crippen molar-refractivity contribution in [3.8, 4) is 0 Å². The lowest BCUT2D eigenvalue weighted by molar-refractivity contribution is 0.306. The average molecular weight is 233 g/mol. The quantitative estimate of drug-likeness (QED) is 0.865. The molecule has 0 aromatic carbocycles. The highest BCUT2D eigenvalue weighted by molar-refractivity contribution is 5.32. The maximum Gasteiger partial charge on any atom is 0.203 e. The first-order valence-electron chi connectivity index (χ1n) is 7.04. The number of imidazole rings is 1. The molecular weight excluding hydrogens is 210 g/mol. The zero-order chi connectivity index (χ0) is 11.8. The number of aryl methyl sites for hydroxylation is 1.